The van der Waals surface area contributed by atoms with E-state index in [4.69, 9.17) is 15.2 Å². The standard InChI is InChI=1S/C16H24BrN3O2/c17-15-9-13(11-19-1-5-21-6-2-19)16(18)14(10-15)12-20-3-7-22-8-4-20/h9-10H,1-8,11-12,18H2. The summed E-state index contributed by atoms with van der Waals surface area (Å²) in [6.07, 6.45) is 0. The largest absolute Gasteiger partial charge is 0.398 e. The molecule has 5 nitrogen and oxygen atoms in total. The fraction of sp³-hybridized carbons (Fsp3) is 0.625. The molecule has 1 aromatic carbocycles. The first-order valence-corrected chi connectivity index (χ1v) is 8.68. The molecule has 3 rings (SSSR count). The fourth-order valence-corrected chi connectivity index (χ4v) is 3.55. The van der Waals surface area contributed by atoms with Crippen molar-refractivity contribution in [1.29, 1.82) is 0 Å². The van der Waals surface area contributed by atoms with Crippen molar-refractivity contribution in [1.82, 2.24) is 9.80 Å². The van der Waals surface area contributed by atoms with Crippen molar-refractivity contribution < 1.29 is 9.47 Å². The van der Waals surface area contributed by atoms with Gasteiger partial charge in [0.2, 0.25) is 0 Å². The van der Waals surface area contributed by atoms with Crippen molar-refractivity contribution in [3.63, 3.8) is 0 Å². The molecule has 122 valence electrons. The van der Waals surface area contributed by atoms with Gasteiger partial charge in [0.1, 0.15) is 0 Å². The predicted molar refractivity (Wildman–Crippen MR) is 90.7 cm³/mol. The van der Waals surface area contributed by atoms with Gasteiger partial charge in [0, 0.05) is 49.4 Å². The normalized spacial score (nSPS) is 21.1. The number of hydrogen-bond donors (Lipinski definition) is 1. The summed E-state index contributed by atoms with van der Waals surface area (Å²) >= 11 is 3.63. The number of benzene rings is 1. The second kappa shape index (κ2) is 7.75. The van der Waals surface area contributed by atoms with E-state index in [-0.39, 0.29) is 0 Å². The Hall–Kier alpha value is -0.660. The predicted octanol–water partition coefficient (Wildman–Crippen LogP) is 1.70. The smallest absolute Gasteiger partial charge is 0.0594 e. The number of nitrogens with zero attached hydrogens (tertiary/aromatic N) is 2. The van der Waals surface area contributed by atoms with E-state index < -0.39 is 0 Å². The minimum Gasteiger partial charge on any atom is -0.398 e. The Balaban J connectivity index is 1.72. The molecule has 0 aromatic heterocycles. The van der Waals surface area contributed by atoms with Crippen LogP contribution in [0.25, 0.3) is 0 Å². The molecule has 2 N–H and O–H groups in total. The number of halogens is 1. The van der Waals surface area contributed by atoms with E-state index in [0.29, 0.717) is 0 Å². The van der Waals surface area contributed by atoms with E-state index in [1.165, 1.54) is 11.1 Å². The van der Waals surface area contributed by atoms with Gasteiger partial charge in [-0.3, -0.25) is 9.80 Å². The van der Waals surface area contributed by atoms with E-state index in [9.17, 15) is 0 Å². The molecule has 1 aromatic rings. The summed E-state index contributed by atoms with van der Waals surface area (Å²) in [5, 5.41) is 0. The third-order valence-corrected chi connectivity index (χ3v) is 4.77. The SMILES string of the molecule is Nc1c(CN2CCOCC2)cc(Br)cc1CN1CCOCC1. The van der Waals surface area contributed by atoms with Crippen LogP contribution in [0.15, 0.2) is 16.6 Å². The summed E-state index contributed by atoms with van der Waals surface area (Å²) in [5.41, 5.74) is 9.80. The summed E-state index contributed by atoms with van der Waals surface area (Å²) in [4.78, 5) is 4.81. The lowest BCUT2D eigenvalue weighted by atomic mass is 10.1. The Kier molecular flexibility index (Phi) is 5.71. The van der Waals surface area contributed by atoms with Gasteiger partial charge < -0.3 is 15.2 Å². The molecule has 0 spiro atoms. The zero-order chi connectivity index (χ0) is 15.4. The van der Waals surface area contributed by atoms with Gasteiger partial charge in [-0.15, -0.1) is 0 Å². The minimum absolute atomic E-state index is 0.814. The highest BCUT2D eigenvalue weighted by molar-refractivity contribution is 9.10. The lowest BCUT2D eigenvalue weighted by molar-refractivity contribution is 0.0335. The van der Waals surface area contributed by atoms with Gasteiger partial charge in [-0.25, -0.2) is 0 Å². The van der Waals surface area contributed by atoms with Crippen molar-refractivity contribution in [3.8, 4) is 0 Å². The molecule has 0 amide bonds. The van der Waals surface area contributed by atoms with Gasteiger partial charge in [-0.1, -0.05) is 15.9 Å². The molecular weight excluding hydrogens is 346 g/mol. The minimum atomic E-state index is 0.814. The van der Waals surface area contributed by atoms with Crippen molar-refractivity contribution in [2.75, 3.05) is 58.3 Å². The van der Waals surface area contributed by atoms with Crippen molar-refractivity contribution in [3.05, 3.63) is 27.7 Å². The summed E-state index contributed by atoms with van der Waals surface area (Å²) in [6.45, 7) is 8.95. The number of anilines is 1. The fourth-order valence-electron chi connectivity index (χ4n) is 3.00. The van der Waals surface area contributed by atoms with Crippen LogP contribution in [0.1, 0.15) is 11.1 Å². The topological polar surface area (TPSA) is 51.0 Å². The monoisotopic (exact) mass is 369 g/mol. The zero-order valence-electron chi connectivity index (χ0n) is 12.9. The van der Waals surface area contributed by atoms with Crippen LogP contribution in [-0.2, 0) is 22.6 Å². The molecule has 22 heavy (non-hydrogen) atoms. The highest BCUT2D eigenvalue weighted by Gasteiger charge is 2.17. The maximum atomic E-state index is 6.45. The Morgan fingerprint density at radius 3 is 1.68 bits per heavy atom. The number of morpholine rings is 2. The van der Waals surface area contributed by atoms with Crippen LogP contribution in [0.2, 0.25) is 0 Å². The number of nitrogen functional groups attached to an aromatic ring is 1. The lowest BCUT2D eigenvalue weighted by Gasteiger charge is -2.29. The molecule has 0 radical (unpaired) electrons. The van der Waals surface area contributed by atoms with Crippen LogP contribution in [-0.4, -0.2) is 62.4 Å². The Bertz CT molecular complexity index is 459. The van der Waals surface area contributed by atoms with Crippen molar-refractivity contribution in [2.24, 2.45) is 0 Å². The summed E-state index contributed by atoms with van der Waals surface area (Å²) in [5.74, 6) is 0. The summed E-state index contributed by atoms with van der Waals surface area (Å²) in [7, 11) is 0. The molecule has 0 bridgehead atoms. The van der Waals surface area contributed by atoms with E-state index in [1.807, 2.05) is 0 Å². The number of rotatable bonds is 4. The van der Waals surface area contributed by atoms with E-state index in [0.717, 1.165) is 75.9 Å². The van der Waals surface area contributed by atoms with E-state index in [2.05, 4.69) is 37.9 Å². The first kappa shape index (κ1) is 16.2. The van der Waals surface area contributed by atoms with Gasteiger partial charge in [-0.2, -0.15) is 0 Å². The first-order chi connectivity index (χ1) is 10.7. The number of ether oxygens (including phenoxy) is 2. The summed E-state index contributed by atoms with van der Waals surface area (Å²) < 4.78 is 11.9. The number of nitrogens with two attached hydrogens (primary N) is 1. The van der Waals surface area contributed by atoms with Gasteiger partial charge in [0.15, 0.2) is 0 Å². The van der Waals surface area contributed by atoms with Crippen LogP contribution in [0.4, 0.5) is 5.69 Å². The molecule has 2 fully saturated rings. The van der Waals surface area contributed by atoms with Crippen molar-refractivity contribution >= 4 is 21.6 Å². The van der Waals surface area contributed by atoms with Gasteiger partial charge in [0.05, 0.1) is 26.4 Å². The molecule has 6 heteroatoms. The molecule has 2 aliphatic heterocycles. The van der Waals surface area contributed by atoms with Gasteiger partial charge in [0.25, 0.3) is 0 Å². The average molecular weight is 370 g/mol. The quantitative estimate of drug-likeness (QED) is 0.818. The molecule has 2 heterocycles. The molecule has 2 aliphatic rings. The maximum Gasteiger partial charge on any atom is 0.0594 e. The third-order valence-electron chi connectivity index (χ3n) is 4.31. The van der Waals surface area contributed by atoms with Crippen LogP contribution in [0.5, 0.6) is 0 Å². The van der Waals surface area contributed by atoms with Crippen LogP contribution in [0.3, 0.4) is 0 Å². The molecule has 0 saturated carbocycles. The first-order valence-electron chi connectivity index (χ1n) is 7.89. The molecule has 0 aliphatic carbocycles. The molecule has 2 saturated heterocycles. The van der Waals surface area contributed by atoms with Crippen LogP contribution >= 0.6 is 15.9 Å². The van der Waals surface area contributed by atoms with Crippen LogP contribution < -0.4 is 5.73 Å². The Labute approximate surface area is 140 Å². The molecular formula is C16H24BrN3O2. The van der Waals surface area contributed by atoms with Crippen molar-refractivity contribution in [2.45, 2.75) is 13.1 Å². The Morgan fingerprint density at radius 2 is 1.27 bits per heavy atom. The third kappa shape index (κ3) is 4.20. The second-order valence-corrected chi connectivity index (χ2v) is 6.83. The van der Waals surface area contributed by atoms with Crippen LogP contribution in [0, 0.1) is 0 Å². The molecule has 0 atom stereocenters. The highest BCUT2D eigenvalue weighted by atomic mass is 79.9. The van der Waals surface area contributed by atoms with E-state index >= 15 is 0 Å². The van der Waals surface area contributed by atoms with Gasteiger partial charge >= 0.3 is 0 Å². The number of hydrogen-bond acceptors (Lipinski definition) is 5. The lowest BCUT2D eigenvalue weighted by Crippen LogP contribution is -2.36. The zero-order valence-corrected chi connectivity index (χ0v) is 14.5. The van der Waals surface area contributed by atoms with E-state index in [1.54, 1.807) is 0 Å². The average Bonchev–Trinajstić information content (AvgIpc) is 2.54. The molecule has 0 unspecified atom stereocenters. The Morgan fingerprint density at radius 1 is 0.864 bits per heavy atom. The maximum absolute atomic E-state index is 6.45. The van der Waals surface area contributed by atoms with Gasteiger partial charge in [-0.05, 0) is 23.3 Å². The summed E-state index contributed by atoms with van der Waals surface area (Å²) in [6, 6.07) is 4.29. The second-order valence-electron chi connectivity index (χ2n) is 5.91. The highest BCUT2D eigenvalue weighted by Crippen LogP contribution is 2.26.